The highest BCUT2D eigenvalue weighted by molar-refractivity contribution is 6.39. The maximum Gasteiger partial charge on any atom is 0.313 e. The monoisotopic (exact) mass is 326 g/mol. The number of amides is 2. The Morgan fingerprint density at radius 2 is 1.91 bits per heavy atom. The number of carbonyl (C=O) groups is 2. The lowest BCUT2D eigenvalue weighted by Gasteiger charge is -2.31. The molecule has 6 heteroatoms. The Labute approximate surface area is 136 Å². The molecule has 0 aromatic heterocycles. The standard InChI is InChI=1S/C16H23ClN2O3/c1-3-16(4-2,8-9-20)11-18-14(21)15(22)19-13-7-5-6-12(17)10-13/h5-7,10,20H,3-4,8-9,11H2,1-2H3,(H,18,21)(H,19,22). The highest BCUT2D eigenvalue weighted by Gasteiger charge is 2.27. The van der Waals surface area contributed by atoms with E-state index in [4.69, 9.17) is 16.7 Å². The molecule has 0 aliphatic rings. The predicted octanol–water partition coefficient (Wildman–Crippen LogP) is 2.58. The van der Waals surface area contributed by atoms with Gasteiger partial charge in [-0.2, -0.15) is 0 Å². The van der Waals surface area contributed by atoms with Gasteiger partial charge in [0.2, 0.25) is 0 Å². The SMILES string of the molecule is CCC(CC)(CCO)CNC(=O)C(=O)Nc1cccc(Cl)c1. The maximum absolute atomic E-state index is 11.9. The van der Waals surface area contributed by atoms with Gasteiger partial charge in [0.05, 0.1) is 0 Å². The molecule has 3 N–H and O–H groups in total. The van der Waals surface area contributed by atoms with Crippen molar-refractivity contribution in [3.8, 4) is 0 Å². The molecule has 0 spiro atoms. The molecular weight excluding hydrogens is 304 g/mol. The van der Waals surface area contributed by atoms with Crippen LogP contribution < -0.4 is 10.6 Å². The smallest absolute Gasteiger partial charge is 0.313 e. The van der Waals surface area contributed by atoms with Gasteiger partial charge >= 0.3 is 11.8 Å². The molecule has 0 fully saturated rings. The highest BCUT2D eigenvalue weighted by atomic mass is 35.5. The van der Waals surface area contributed by atoms with Crippen molar-refractivity contribution in [3.05, 3.63) is 29.3 Å². The largest absolute Gasteiger partial charge is 0.396 e. The summed E-state index contributed by atoms with van der Waals surface area (Å²) in [5.41, 5.74) is 0.293. The van der Waals surface area contributed by atoms with E-state index in [1.807, 2.05) is 13.8 Å². The van der Waals surface area contributed by atoms with Crippen molar-refractivity contribution < 1.29 is 14.7 Å². The minimum absolute atomic E-state index is 0.0618. The summed E-state index contributed by atoms with van der Waals surface area (Å²) < 4.78 is 0. The Morgan fingerprint density at radius 3 is 2.45 bits per heavy atom. The zero-order valence-electron chi connectivity index (χ0n) is 13.0. The Kier molecular flexibility index (Phi) is 7.35. The second-order valence-electron chi connectivity index (χ2n) is 5.33. The Balaban J connectivity index is 2.58. The molecule has 0 unspecified atom stereocenters. The summed E-state index contributed by atoms with van der Waals surface area (Å²) in [6, 6.07) is 6.60. The van der Waals surface area contributed by atoms with Gasteiger partial charge in [-0.1, -0.05) is 31.5 Å². The minimum atomic E-state index is -0.729. The first-order chi connectivity index (χ1) is 10.5. The van der Waals surface area contributed by atoms with E-state index in [2.05, 4.69) is 10.6 Å². The molecule has 122 valence electrons. The third-order valence-electron chi connectivity index (χ3n) is 4.05. The van der Waals surface area contributed by atoms with Crippen LogP contribution in [0.15, 0.2) is 24.3 Å². The van der Waals surface area contributed by atoms with E-state index in [1.54, 1.807) is 24.3 Å². The van der Waals surface area contributed by atoms with Crippen LogP contribution in [-0.4, -0.2) is 30.1 Å². The molecule has 1 rings (SSSR count). The van der Waals surface area contributed by atoms with E-state index in [1.165, 1.54) is 0 Å². The molecule has 22 heavy (non-hydrogen) atoms. The number of nitrogens with one attached hydrogen (secondary N) is 2. The van der Waals surface area contributed by atoms with Gasteiger partial charge in [0.1, 0.15) is 0 Å². The second kappa shape index (κ2) is 8.76. The summed E-state index contributed by atoms with van der Waals surface area (Å²) in [6.07, 6.45) is 2.23. The molecule has 0 aliphatic heterocycles. The van der Waals surface area contributed by atoms with Crippen LogP contribution in [-0.2, 0) is 9.59 Å². The molecule has 1 aromatic carbocycles. The van der Waals surface area contributed by atoms with E-state index < -0.39 is 11.8 Å². The number of carbonyl (C=O) groups excluding carboxylic acids is 2. The van der Waals surface area contributed by atoms with Crippen LogP contribution in [0.2, 0.25) is 5.02 Å². The molecule has 0 heterocycles. The van der Waals surface area contributed by atoms with Crippen molar-refractivity contribution >= 4 is 29.1 Å². The van der Waals surface area contributed by atoms with E-state index in [9.17, 15) is 9.59 Å². The molecule has 0 saturated heterocycles. The van der Waals surface area contributed by atoms with E-state index in [-0.39, 0.29) is 12.0 Å². The van der Waals surface area contributed by atoms with Crippen LogP contribution in [0.1, 0.15) is 33.1 Å². The van der Waals surface area contributed by atoms with Gasteiger partial charge in [0.15, 0.2) is 0 Å². The average molecular weight is 327 g/mol. The van der Waals surface area contributed by atoms with Crippen LogP contribution in [0.5, 0.6) is 0 Å². The first kappa shape index (κ1) is 18.5. The van der Waals surface area contributed by atoms with Gasteiger partial charge in [0, 0.05) is 23.9 Å². The topological polar surface area (TPSA) is 78.4 Å². The van der Waals surface area contributed by atoms with Crippen molar-refractivity contribution in [1.29, 1.82) is 0 Å². The van der Waals surface area contributed by atoms with E-state index >= 15 is 0 Å². The Hall–Kier alpha value is -1.59. The Morgan fingerprint density at radius 1 is 1.23 bits per heavy atom. The fourth-order valence-electron chi connectivity index (χ4n) is 2.28. The minimum Gasteiger partial charge on any atom is -0.396 e. The number of aliphatic hydroxyl groups excluding tert-OH is 1. The van der Waals surface area contributed by atoms with Crippen LogP contribution in [0.25, 0.3) is 0 Å². The molecule has 1 aromatic rings. The third-order valence-corrected chi connectivity index (χ3v) is 4.29. The van der Waals surface area contributed by atoms with Crippen LogP contribution in [0.3, 0.4) is 0 Å². The molecular formula is C16H23ClN2O3. The summed E-state index contributed by atoms with van der Waals surface area (Å²) in [5, 5.41) is 14.8. The normalized spacial score (nSPS) is 11.1. The van der Waals surface area contributed by atoms with Crippen molar-refractivity contribution in [3.63, 3.8) is 0 Å². The summed E-state index contributed by atoms with van der Waals surface area (Å²) in [7, 11) is 0. The highest BCUT2D eigenvalue weighted by Crippen LogP contribution is 2.29. The van der Waals surface area contributed by atoms with Gasteiger partial charge in [-0.15, -0.1) is 0 Å². The van der Waals surface area contributed by atoms with E-state index in [0.29, 0.717) is 23.7 Å². The van der Waals surface area contributed by atoms with E-state index in [0.717, 1.165) is 12.8 Å². The van der Waals surface area contributed by atoms with Crippen LogP contribution in [0.4, 0.5) is 5.69 Å². The number of benzene rings is 1. The molecule has 5 nitrogen and oxygen atoms in total. The first-order valence-electron chi connectivity index (χ1n) is 7.42. The molecule has 0 radical (unpaired) electrons. The summed E-state index contributed by atoms with van der Waals surface area (Å²) in [4.78, 5) is 23.8. The van der Waals surface area contributed by atoms with Gasteiger partial charge in [-0.25, -0.2) is 0 Å². The van der Waals surface area contributed by atoms with Gasteiger partial charge in [-0.3, -0.25) is 9.59 Å². The number of aliphatic hydroxyl groups is 1. The van der Waals surface area contributed by atoms with Crippen molar-refractivity contribution in [2.45, 2.75) is 33.1 Å². The molecule has 0 saturated carbocycles. The van der Waals surface area contributed by atoms with Crippen molar-refractivity contribution in [2.75, 3.05) is 18.5 Å². The molecule has 0 atom stereocenters. The maximum atomic E-state index is 11.9. The predicted molar refractivity (Wildman–Crippen MR) is 87.8 cm³/mol. The lowest BCUT2D eigenvalue weighted by molar-refractivity contribution is -0.136. The number of rotatable bonds is 7. The summed E-state index contributed by atoms with van der Waals surface area (Å²) in [5.74, 6) is -1.42. The van der Waals surface area contributed by atoms with Crippen LogP contribution >= 0.6 is 11.6 Å². The average Bonchev–Trinajstić information content (AvgIpc) is 2.51. The van der Waals surface area contributed by atoms with Gasteiger partial charge in [-0.05, 0) is 42.9 Å². The fourth-order valence-corrected chi connectivity index (χ4v) is 2.47. The zero-order valence-corrected chi connectivity index (χ0v) is 13.7. The third kappa shape index (κ3) is 5.31. The fraction of sp³-hybridized carbons (Fsp3) is 0.500. The number of anilines is 1. The van der Waals surface area contributed by atoms with Crippen molar-refractivity contribution in [1.82, 2.24) is 5.32 Å². The van der Waals surface area contributed by atoms with Gasteiger partial charge in [0.25, 0.3) is 0 Å². The second-order valence-corrected chi connectivity index (χ2v) is 5.76. The molecule has 2 amide bonds. The number of hydrogen-bond acceptors (Lipinski definition) is 3. The van der Waals surface area contributed by atoms with Crippen LogP contribution in [0, 0.1) is 5.41 Å². The molecule has 0 aliphatic carbocycles. The lowest BCUT2D eigenvalue weighted by Crippen LogP contribution is -2.42. The first-order valence-corrected chi connectivity index (χ1v) is 7.79. The number of halogens is 1. The van der Waals surface area contributed by atoms with Crippen molar-refractivity contribution in [2.24, 2.45) is 5.41 Å². The summed E-state index contributed by atoms with van der Waals surface area (Å²) in [6.45, 7) is 4.45. The lowest BCUT2D eigenvalue weighted by atomic mass is 9.79. The summed E-state index contributed by atoms with van der Waals surface area (Å²) >= 11 is 5.83. The van der Waals surface area contributed by atoms with Gasteiger partial charge < -0.3 is 15.7 Å². The Bertz CT molecular complexity index is 516. The quantitative estimate of drug-likeness (QED) is 0.674. The zero-order chi connectivity index (χ0) is 16.6. The molecule has 0 bridgehead atoms. The number of hydrogen-bond donors (Lipinski definition) is 3.